The maximum absolute atomic E-state index is 15.1. The normalized spacial score (nSPS) is 13.9. The molecule has 6 aromatic carbocycles. The molecule has 0 heterocycles. The van der Waals surface area contributed by atoms with Gasteiger partial charge in [-0.15, -0.1) is 0 Å². The fourth-order valence-electron chi connectivity index (χ4n) is 6.46. The van der Waals surface area contributed by atoms with Crippen LogP contribution in [-0.4, -0.2) is 52.4 Å². The van der Waals surface area contributed by atoms with E-state index in [0.717, 1.165) is 11.1 Å². The summed E-state index contributed by atoms with van der Waals surface area (Å²) in [6.45, 7) is -1.07. The zero-order valence-electron chi connectivity index (χ0n) is 32.6. The third kappa shape index (κ3) is 12.9. The minimum Gasteiger partial charge on any atom is -0.489 e. The van der Waals surface area contributed by atoms with Crippen molar-refractivity contribution in [2.45, 2.75) is 70.0 Å². The molecule has 0 spiro atoms. The lowest BCUT2D eigenvalue weighted by Gasteiger charge is -2.36. The van der Waals surface area contributed by atoms with Gasteiger partial charge in [-0.2, -0.15) is 0 Å². The Morgan fingerprint density at radius 2 is 0.850 bits per heavy atom. The second-order valence-electron chi connectivity index (χ2n) is 14.1. The van der Waals surface area contributed by atoms with Gasteiger partial charge in [0, 0.05) is 12.0 Å². The molecule has 6 aromatic rings. The molecule has 0 aliphatic carbocycles. The van der Waals surface area contributed by atoms with Gasteiger partial charge in [0.1, 0.15) is 72.4 Å². The Labute approximate surface area is 346 Å². The maximum Gasteiger partial charge on any atom is 0.125 e. The van der Waals surface area contributed by atoms with E-state index in [1.54, 1.807) is 0 Å². The summed E-state index contributed by atoms with van der Waals surface area (Å²) in [5.74, 6) is -1.48. The van der Waals surface area contributed by atoms with Gasteiger partial charge < -0.3 is 39.0 Å². The highest BCUT2D eigenvalue weighted by Crippen LogP contribution is 2.30. The van der Waals surface area contributed by atoms with Gasteiger partial charge in [0.2, 0.25) is 0 Å². The Hall–Kier alpha value is -5.60. The highest BCUT2D eigenvalue weighted by atomic mass is 19.1. The molecule has 314 valence electrons. The molecule has 0 saturated heterocycles. The van der Waals surface area contributed by atoms with Crippen LogP contribution in [0.25, 0.3) is 0 Å². The van der Waals surface area contributed by atoms with Gasteiger partial charge in [-0.25, -0.2) is 17.6 Å². The van der Waals surface area contributed by atoms with E-state index in [-0.39, 0.29) is 39.5 Å². The molecule has 0 saturated carbocycles. The average molecular weight is 827 g/mol. The number of halogens is 4. The Bertz CT molecular complexity index is 2190. The molecule has 0 aromatic heterocycles. The lowest BCUT2D eigenvalue weighted by Crippen LogP contribution is -2.52. The summed E-state index contributed by atoms with van der Waals surface area (Å²) in [6.07, 6.45) is -7.89. The van der Waals surface area contributed by atoms with Gasteiger partial charge in [0.25, 0.3) is 0 Å². The predicted octanol–water partition coefficient (Wildman–Crippen LogP) is 8.41. The van der Waals surface area contributed by atoms with Crippen molar-refractivity contribution in [1.29, 1.82) is 0 Å². The standard InChI is InChI=1S/C48H46F4O8/c49-38-15-11-34(12-16-38)29-58-45(26-53)46(54)47(55)48(60-30-35-13-17-39(50)18-14-35)44(25-36-23-40(51)19-21-42(36)56-27-32-7-3-1-4-8-32)59-31-37-24-41(52)20-22-43(37)57-28-33-9-5-2-6-10-33/h1-24,44-48,53-55H,25-31H2/t44?,45-,46-,47+,48-/m1/s1. The van der Waals surface area contributed by atoms with E-state index in [1.807, 2.05) is 60.7 Å². The average Bonchev–Trinajstić information content (AvgIpc) is 3.26. The first kappa shape index (κ1) is 44.0. The van der Waals surface area contributed by atoms with Crippen molar-refractivity contribution in [1.82, 2.24) is 0 Å². The van der Waals surface area contributed by atoms with Gasteiger partial charge in [-0.05, 0) is 88.5 Å². The molecule has 1 unspecified atom stereocenters. The molecule has 60 heavy (non-hydrogen) atoms. The predicted molar refractivity (Wildman–Crippen MR) is 216 cm³/mol. The van der Waals surface area contributed by atoms with Crippen LogP contribution < -0.4 is 9.47 Å². The minimum atomic E-state index is -1.84. The molecule has 0 fully saturated rings. The van der Waals surface area contributed by atoms with Gasteiger partial charge in [0.15, 0.2) is 0 Å². The van der Waals surface area contributed by atoms with E-state index in [0.29, 0.717) is 33.8 Å². The zero-order valence-corrected chi connectivity index (χ0v) is 32.6. The van der Waals surface area contributed by atoms with Crippen LogP contribution in [0.2, 0.25) is 0 Å². The van der Waals surface area contributed by atoms with Crippen molar-refractivity contribution in [3.63, 3.8) is 0 Å². The van der Waals surface area contributed by atoms with Crippen LogP contribution in [0.15, 0.2) is 146 Å². The van der Waals surface area contributed by atoms with Gasteiger partial charge in [-0.1, -0.05) is 84.9 Å². The third-order valence-corrected chi connectivity index (χ3v) is 9.74. The van der Waals surface area contributed by atoms with Crippen LogP contribution >= 0.6 is 0 Å². The van der Waals surface area contributed by atoms with Crippen molar-refractivity contribution in [2.75, 3.05) is 6.61 Å². The molecule has 0 bridgehead atoms. The first-order valence-electron chi connectivity index (χ1n) is 19.4. The third-order valence-electron chi connectivity index (χ3n) is 9.74. The van der Waals surface area contributed by atoms with Crippen LogP contribution in [-0.2, 0) is 53.7 Å². The lowest BCUT2D eigenvalue weighted by atomic mass is 9.94. The number of hydrogen-bond donors (Lipinski definition) is 3. The van der Waals surface area contributed by atoms with Crippen molar-refractivity contribution in [2.24, 2.45) is 0 Å². The van der Waals surface area contributed by atoms with Crippen molar-refractivity contribution in [3.05, 3.63) is 202 Å². The minimum absolute atomic E-state index is 0.145. The molecule has 0 amide bonds. The number of hydrogen-bond acceptors (Lipinski definition) is 8. The molecular formula is C48H46F4O8. The lowest BCUT2D eigenvalue weighted by molar-refractivity contribution is -0.184. The summed E-state index contributed by atoms with van der Waals surface area (Å²) in [4.78, 5) is 0. The number of benzene rings is 6. The van der Waals surface area contributed by atoms with E-state index in [2.05, 4.69) is 0 Å². The highest BCUT2D eigenvalue weighted by Gasteiger charge is 2.39. The first-order valence-corrected chi connectivity index (χ1v) is 19.4. The van der Waals surface area contributed by atoms with Gasteiger partial charge in [0.05, 0.1) is 32.5 Å². The number of rotatable bonds is 22. The molecule has 0 radical (unpaired) electrons. The quantitative estimate of drug-likeness (QED) is 0.0587. The smallest absolute Gasteiger partial charge is 0.125 e. The number of aliphatic hydroxyl groups excluding tert-OH is 3. The van der Waals surface area contributed by atoms with Crippen molar-refractivity contribution < 1.29 is 56.6 Å². The van der Waals surface area contributed by atoms with E-state index >= 15 is 4.39 Å². The van der Waals surface area contributed by atoms with Crippen molar-refractivity contribution in [3.8, 4) is 11.5 Å². The Kier molecular flexibility index (Phi) is 16.2. The van der Waals surface area contributed by atoms with E-state index in [4.69, 9.17) is 23.7 Å². The van der Waals surface area contributed by atoms with Gasteiger partial charge in [-0.3, -0.25) is 0 Å². The Morgan fingerprint density at radius 3 is 1.37 bits per heavy atom. The number of ether oxygens (including phenoxy) is 5. The van der Waals surface area contributed by atoms with Crippen LogP contribution in [0.5, 0.6) is 11.5 Å². The molecule has 5 atom stereocenters. The molecule has 6 rings (SSSR count). The highest BCUT2D eigenvalue weighted by molar-refractivity contribution is 5.36. The van der Waals surface area contributed by atoms with Gasteiger partial charge >= 0.3 is 0 Å². The zero-order chi connectivity index (χ0) is 42.3. The fourth-order valence-corrected chi connectivity index (χ4v) is 6.46. The molecule has 8 nitrogen and oxygen atoms in total. The van der Waals surface area contributed by atoms with Crippen molar-refractivity contribution >= 4 is 0 Å². The molecule has 12 heteroatoms. The van der Waals surface area contributed by atoms with E-state index in [1.165, 1.54) is 84.9 Å². The molecule has 0 aliphatic heterocycles. The topological polar surface area (TPSA) is 107 Å². The Morgan fingerprint density at radius 1 is 0.417 bits per heavy atom. The summed E-state index contributed by atoms with van der Waals surface area (Å²) in [5.41, 5.74) is 3.39. The second kappa shape index (κ2) is 22.1. The summed E-state index contributed by atoms with van der Waals surface area (Å²) >= 11 is 0. The first-order chi connectivity index (χ1) is 29.1. The number of aliphatic hydroxyl groups is 3. The SMILES string of the molecule is OC[C@@H](OCc1ccc(F)cc1)[C@@H](O)[C@H](O)[C@H](OCc1ccc(F)cc1)C(Cc1cc(F)ccc1OCc1ccccc1)OCc1cc(F)ccc1OCc1ccccc1. The Balaban J connectivity index is 1.33. The second-order valence-corrected chi connectivity index (χ2v) is 14.1. The van der Waals surface area contributed by atoms with Crippen LogP contribution in [0.1, 0.15) is 33.4 Å². The summed E-state index contributed by atoms with van der Waals surface area (Å²) < 4.78 is 88.2. The summed E-state index contributed by atoms with van der Waals surface area (Å²) in [7, 11) is 0. The van der Waals surface area contributed by atoms with Crippen LogP contribution in [0.3, 0.4) is 0 Å². The van der Waals surface area contributed by atoms with E-state index in [9.17, 15) is 28.5 Å². The molecular weight excluding hydrogens is 781 g/mol. The summed E-state index contributed by atoms with van der Waals surface area (Å²) in [5, 5.41) is 34.0. The molecule has 3 N–H and O–H groups in total. The monoisotopic (exact) mass is 826 g/mol. The van der Waals surface area contributed by atoms with E-state index < -0.39 is 60.4 Å². The fraction of sp³-hybridized carbons (Fsp3) is 0.250. The van der Waals surface area contributed by atoms with Crippen LogP contribution in [0, 0.1) is 23.3 Å². The van der Waals surface area contributed by atoms with Crippen LogP contribution in [0.4, 0.5) is 17.6 Å². The summed E-state index contributed by atoms with van der Waals surface area (Å²) in [6, 6.07) is 37.5. The maximum atomic E-state index is 15.1. The molecule has 0 aliphatic rings. The largest absolute Gasteiger partial charge is 0.489 e.